The summed E-state index contributed by atoms with van der Waals surface area (Å²) in [6.07, 6.45) is -0.351. The van der Waals surface area contributed by atoms with Crippen LogP contribution in [0.4, 0.5) is 0 Å². The van der Waals surface area contributed by atoms with Gasteiger partial charge in [-0.1, -0.05) is 67.6 Å². The zero-order valence-electron chi connectivity index (χ0n) is 12.0. The molecule has 20 heavy (non-hydrogen) atoms. The lowest BCUT2D eigenvalue weighted by molar-refractivity contribution is 0.157. The summed E-state index contributed by atoms with van der Waals surface area (Å²) in [7, 11) is 0. The molecule has 2 aromatic rings. The van der Waals surface area contributed by atoms with Crippen LogP contribution in [0.15, 0.2) is 66.2 Å². The van der Waals surface area contributed by atoms with Gasteiger partial charge in [0.05, 0.1) is 6.10 Å². The molecule has 0 heterocycles. The molecule has 0 saturated carbocycles. The van der Waals surface area contributed by atoms with Crippen molar-refractivity contribution in [1.29, 1.82) is 0 Å². The summed E-state index contributed by atoms with van der Waals surface area (Å²) in [6.45, 7) is 4.20. The molecule has 0 radical (unpaired) electrons. The Bertz CT molecular complexity index is 613. The second kappa shape index (κ2) is 5.26. The highest BCUT2D eigenvalue weighted by atomic mass is 16.3. The lowest BCUT2D eigenvalue weighted by Crippen LogP contribution is -2.17. The molecule has 0 fully saturated rings. The van der Waals surface area contributed by atoms with E-state index in [4.69, 9.17) is 0 Å². The maximum Gasteiger partial charge on any atom is 0.0788 e. The Labute approximate surface area is 120 Å². The van der Waals surface area contributed by atoms with Gasteiger partial charge in [-0.05, 0) is 35.1 Å². The highest BCUT2D eigenvalue weighted by molar-refractivity contribution is 5.77. The summed E-state index contributed by atoms with van der Waals surface area (Å²) >= 11 is 0. The minimum absolute atomic E-state index is 0.215. The number of aliphatic hydroxyl groups is 1. The molecule has 0 spiro atoms. The summed E-state index contributed by atoms with van der Waals surface area (Å²) < 4.78 is 0. The molecule has 102 valence electrons. The Kier molecular flexibility index (Phi) is 3.45. The Balaban J connectivity index is 2.13. The lowest BCUT2D eigenvalue weighted by Gasteiger charge is -2.22. The molecule has 1 aliphatic carbocycles. The van der Waals surface area contributed by atoms with Gasteiger partial charge in [0, 0.05) is 5.92 Å². The Morgan fingerprint density at radius 3 is 2.00 bits per heavy atom. The first kappa shape index (κ1) is 13.1. The SMILES string of the molecule is CC1=C(c2ccccc2)[C@H](c2ccccc2)[C@@H](C)[C@H]1O. The quantitative estimate of drug-likeness (QED) is 0.859. The monoisotopic (exact) mass is 264 g/mol. The predicted octanol–water partition coefficient (Wildman–Crippen LogP) is 4.25. The highest BCUT2D eigenvalue weighted by Gasteiger charge is 2.38. The van der Waals surface area contributed by atoms with Crippen LogP contribution in [-0.4, -0.2) is 11.2 Å². The maximum absolute atomic E-state index is 10.5. The predicted molar refractivity (Wildman–Crippen MR) is 83.4 cm³/mol. The molecular weight excluding hydrogens is 244 g/mol. The van der Waals surface area contributed by atoms with Gasteiger partial charge >= 0.3 is 0 Å². The van der Waals surface area contributed by atoms with Gasteiger partial charge in [0.15, 0.2) is 0 Å². The third-order valence-corrected chi connectivity index (χ3v) is 4.45. The summed E-state index contributed by atoms with van der Waals surface area (Å²) in [5.74, 6) is 0.487. The van der Waals surface area contributed by atoms with E-state index in [0.29, 0.717) is 0 Å². The molecule has 3 atom stereocenters. The molecule has 1 nitrogen and oxygen atoms in total. The number of rotatable bonds is 2. The van der Waals surface area contributed by atoms with E-state index in [9.17, 15) is 5.11 Å². The molecule has 1 heteroatoms. The van der Waals surface area contributed by atoms with Gasteiger partial charge in [0.2, 0.25) is 0 Å². The van der Waals surface area contributed by atoms with Gasteiger partial charge in [-0.2, -0.15) is 0 Å². The Morgan fingerprint density at radius 1 is 0.850 bits per heavy atom. The van der Waals surface area contributed by atoms with Crippen LogP contribution in [0.2, 0.25) is 0 Å². The third kappa shape index (κ3) is 2.08. The standard InChI is InChI=1S/C19H20O/c1-13-17(15-9-5-3-6-10-15)18(14(2)19(13)20)16-11-7-4-8-12-16/h3-13,17,19-20H,1-2H3/t13-,17+,19-/m1/s1. The molecule has 0 amide bonds. The fourth-order valence-corrected chi connectivity index (χ4v) is 3.40. The van der Waals surface area contributed by atoms with Crippen molar-refractivity contribution in [3.63, 3.8) is 0 Å². The Morgan fingerprint density at radius 2 is 1.40 bits per heavy atom. The molecule has 1 aliphatic rings. The summed E-state index contributed by atoms with van der Waals surface area (Å²) in [4.78, 5) is 0. The van der Waals surface area contributed by atoms with Crippen molar-refractivity contribution in [3.8, 4) is 0 Å². The first-order valence-corrected chi connectivity index (χ1v) is 7.19. The molecule has 0 aromatic heterocycles. The number of benzene rings is 2. The van der Waals surface area contributed by atoms with Crippen molar-refractivity contribution in [2.75, 3.05) is 0 Å². The number of hydrogen-bond acceptors (Lipinski definition) is 1. The lowest BCUT2D eigenvalue weighted by atomic mass is 9.83. The van der Waals surface area contributed by atoms with Crippen LogP contribution in [0, 0.1) is 5.92 Å². The van der Waals surface area contributed by atoms with Crippen LogP contribution in [0.1, 0.15) is 30.9 Å². The molecule has 0 bridgehead atoms. The van der Waals surface area contributed by atoms with Crippen molar-refractivity contribution < 1.29 is 5.11 Å². The molecule has 0 saturated heterocycles. The second-order valence-corrected chi connectivity index (χ2v) is 5.66. The number of allylic oxidation sites excluding steroid dienone is 1. The van der Waals surface area contributed by atoms with E-state index in [1.165, 1.54) is 16.7 Å². The van der Waals surface area contributed by atoms with Crippen LogP contribution in [0.3, 0.4) is 0 Å². The van der Waals surface area contributed by atoms with Crippen LogP contribution in [-0.2, 0) is 0 Å². The molecular formula is C19H20O. The number of hydrogen-bond donors (Lipinski definition) is 1. The van der Waals surface area contributed by atoms with Gasteiger partial charge < -0.3 is 5.11 Å². The summed E-state index contributed by atoms with van der Waals surface area (Å²) in [5.41, 5.74) is 4.91. The van der Waals surface area contributed by atoms with Crippen molar-refractivity contribution >= 4 is 5.57 Å². The summed E-state index contributed by atoms with van der Waals surface area (Å²) in [6, 6.07) is 20.9. The zero-order chi connectivity index (χ0) is 14.1. The van der Waals surface area contributed by atoms with E-state index in [-0.39, 0.29) is 17.9 Å². The fraction of sp³-hybridized carbons (Fsp3) is 0.263. The second-order valence-electron chi connectivity index (χ2n) is 5.66. The first-order chi connectivity index (χ1) is 9.70. The molecule has 2 aromatic carbocycles. The van der Waals surface area contributed by atoms with Crippen LogP contribution >= 0.6 is 0 Å². The first-order valence-electron chi connectivity index (χ1n) is 7.19. The maximum atomic E-state index is 10.5. The molecule has 3 rings (SSSR count). The smallest absolute Gasteiger partial charge is 0.0788 e. The Hall–Kier alpha value is -1.86. The van der Waals surface area contributed by atoms with Crippen molar-refractivity contribution in [3.05, 3.63) is 77.4 Å². The van der Waals surface area contributed by atoms with E-state index in [1.54, 1.807) is 0 Å². The van der Waals surface area contributed by atoms with Gasteiger partial charge in [-0.25, -0.2) is 0 Å². The average molecular weight is 264 g/mol. The van der Waals surface area contributed by atoms with Crippen molar-refractivity contribution in [2.45, 2.75) is 25.9 Å². The topological polar surface area (TPSA) is 20.2 Å². The molecule has 0 unspecified atom stereocenters. The zero-order valence-corrected chi connectivity index (χ0v) is 12.0. The largest absolute Gasteiger partial charge is 0.388 e. The van der Waals surface area contributed by atoms with Crippen LogP contribution in [0.25, 0.3) is 5.57 Å². The van der Waals surface area contributed by atoms with Crippen molar-refractivity contribution in [2.24, 2.45) is 5.92 Å². The summed E-state index contributed by atoms with van der Waals surface area (Å²) in [5, 5.41) is 10.5. The van der Waals surface area contributed by atoms with Crippen molar-refractivity contribution in [1.82, 2.24) is 0 Å². The normalized spacial score (nSPS) is 26.1. The van der Waals surface area contributed by atoms with Crippen LogP contribution < -0.4 is 0 Å². The average Bonchev–Trinajstić information content (AvgIpc) is 2.73. The van der Waals surface area contributed by atoms with Gasteiger partial charge in [0.1, 0.15) is 0 Å². The fourth-order valence-electron chi connectivity index (χ4n) is 3.40. The van der Waals surface area contributed by atoms with E-state index in [1.807, 2.05) is 12.1 Å². The third-order valence-electron chi connectivity index (χ3n) is 4.45. The van der Waals surface area contributed by atoms with Gasteiger partial charge in [0.25, 0.3) is 0 Å². The molecule has 1 N–H and O–H groups in total. The minimum Gasteiger partial charge on any atom is -0.388 e. The van der Waals surface area contributed by atoms with Crippen LogP contribution in [0.5, 0.6) is 0 Å². The highest BCUT2D eigenvalue weighted by Crippen LogP contribution is 2.48. The van der Waals surface area contributed by atoms with Gasteiger partial charge in [-0.3, -0.25) is 0 Å². The van der Waals surface area contributed by atoms with E-state index >= 15 is 0 Å². The minimum atomic E-state index is -0.351. The van der Waals surface area contributed by atoms with Gasteiger partial charge in [-0.15, -0.1) is 0 Å². The van der Waals surface area contributed by atoms with E-state index in [2.05, 4.69) is 62.4 Å². The van der Waals surface area contributed by atoms with E-state index in [0.717, 1.165) is 5.57 Å². The number of aliphatic hydroxyl groups excluding tert-OH is 1. The van der Waals surface area contributed by atoms with E-state index < -0.39 is 0 Å². The molecule has 0 aliphatic heterocycles.